The lowest BCUT2D eigenvalue weighted by molar-refractivity contribution is -0.588. The highest BCUT2D eigenvalue weighted by Crippen LogP contribution is 2.21. The Bertz CT molecular complexity index is 262. The van der Waals surface area contributed by atoms with E-state index in [1.165, 1.54) is 7.05 Å². The van der Waals surface area contributed by atoms with Gasteiger partial charge >= 0.3 is 0 Å². The van der Waals surface area contributed by atoms with E-state index in [4.69, 9.17) is 14.6 Å². The van der Waals surface area contributed by atoms with Crippen molar-refractivity contribution in [1.29, 1.82) is 0 Å². The maximum Gasteiger partial charge on any atom is 0.216 e. The molecule has 9 heteroatoms. The maximum atomic E-state index is 10.5. The van der Waals surface area contributed by atoms with E-state index < -0.39 is 37.3 Å². The Morgan fingerprint density at radius 3 is 2.47 bits per heavy atom. The lowest BCUT2D eigenvalue weighted by atomic mass is 9.99. The van der Waals surface area contributed by atoms with Gasteiger partial charge in [-0.3, -0.25) is 0 Å². The number of hydrogen-bond donors (Lipinski definition) is 5. The van der Waals surface area contributed by atoms with Crippen LogP contribution in [0.1, 0.15) is 0 Å². The average Bonchev–Trinajstić information content (AvgIpc) is 2.29. The fourth-order valence-corrected chi connectivity index (χ4v) is 1.42. The van der Waals surface area contributed by atoms with Crippen molar-refractivity contribution in [2.75, 3.05) is 20.4 Å². The molecule has 0 radical (unpaired) electrons. The van der Waals surface area contributed by atoms with Gasteiger partial charge < -0.3 is 29.9 Å². The molecule has 0 aromatic heterocycles. The van der Waals surface area contributed by atoms with Crippen LogP contribution in [-0.4, -0.2) is 76.4 Å². The summed E-state index contributed by atoms with van der Waals surface area (Å²) < 4.78 is 9.97. The second kappa shape index (κ2) is 6.19. The molecule has 1 heterocycles. The number of hydrogen-bond acceptors (Lipinski definition) is 7. The Balaban J connectivity index is 2.50. The largest absolute Gasteiger partial charge is 0.394 e. The predicted octanol–water partition coefficient (Wildman–Crippen LogP) is -3.33. The third kappa shape index (κ3) is 3.56. The third-order valence-corrected chi connectivity index (χ3v) is 2.38. The monoisotopic (exact) mass is 253 g/mol. The number of aliphatic hydroxyl groups is 4. The summed E-state index contributed by atoms with van der Waals surface area (Å²) in [5.74, 6) is 0. The van der Waals surface area contributed by atoms with E-state index in [-0.39, 0.29) is 6.73 Å². The van der Waals surface area contributed by atoms with E-state index in [2.05, 4.69) is 5.43 Å². The number of nitrogens with zero attached hydrogens (tertiary/aromatic N) is 1. The van der Waals surface area contributed by atoms with Gasteiger partial charge in [-0.2, -0.15) is 0 Å². The molecular weight excluding hydrogens is 236 g/mol. The number of ether oxygens (including phenoxy) is 2. The molecule has 5 atom stereocenters. The van der Waals surface area contributed by atoms with Crippen molar-refractivity contribution < 1.29 is 34.8 Å². The second-order valence-corrected chi connectivity index (χ2v) is 3.66. The first kappa shape index (κ1) is 14.2. The topological polar surface area (TPSA) is 131 Å². The first-order chi connectivity index (χ1) is 7.97. The molecule has 0 amide bonds. The molecule has 0 bridgehead atoms. The Hall–Kier alpha value is -0.840. The van der Waals surface area contributed by atoms with Crippen molar-refractivity contribution in [3.05, 3.63) is 4.91 Å². The molecule has 1 fully saturated rings. The highest BCUT2D eigenvalue weighted by molar-refractivity contribution is 4.88. The van der Waals surface area contributed by atoms with Crippen molar-refractivity contribution in [3.63, 3.8) is 0 Å². The molecular formula is C8H17N2O7+. The standard InChI is InChI=1S/C8H17N2O7/c1-10(15)9-3-16-8-7(14)6(13)5(12)4(2-11)17-8/h4-8,11-14H,2-3H2,1H3,(H,9,15)/q+1. The highest BCUT2D eigenvalue weighted by atomic mass is 16.7. The fourth-order valence-electron chi connectivity index (χ4n) is 1.42. The molecule has 0 aliphatic carbocycles. The first-order valence-electron chi connectivity index (χ1n) is 5.04. The molecule has 100 valence electrons. The third-order valence-electron chi connectivity index (χ3n) is 2.38. The second-order valence-electron chi connectivity index (χ2n) is 3.66. The smallest absolute Gasteiger partial charge is 0.216 e. The van der Waals surface area contributed by atoms with Crippen LogP contribution in [0.5, 0.6) is 0 Å². The van der Waals surface area contributed by atoms with E-state index in [0.29, 0.717) is 4.87 Å². The van der Waals surface area contributed by atoms with Crippen LogP contribution >= 0.6 is 0 Å². The Kier molecular flexibility index (Phi) is 5.18. The zero-order valence-electron chi connectivity index (χ0n) is 9.26. The van der Waals surface area contributed by atoms with Crippen molar-refractivity contribution in [1.82, 2.24) is 5.43 Å². The van der Waals surface area contributed by atoms with E-state index in [1.54, 1.807) is 0 Å². The molecule has 1 aliphatic rings. The van der Waals surface area contributed by atoms with Crippen LogP contribution in [0.2, 0.25) is 0 Å². The van der Waals surface area contributed by atoms with Gasteiger partial charge in [0.05, 0.1) is 11.5 Å². The number of aliphatic hydroxyl groups excluding tert-OH is 4. The summed E-state index contributed by atoms with van der Waals surface area (Å²) in [5, 5.41) is 37.3. The molecule has 0 saturated carbocycles. The molecule has 0 aromatic carbocycles. The van der Waals surface area contributed by atoms with Crippen molar-refractivity contribution in [3.8, 4) is 0 Å². The highest BCUT2D eigenvalue weighted by Gasteiger charge is 2.44. The lowest BCUT2D eigenvalue weighted by Crippen LogP contribution is -2.59. The number of hydrazine groups is 1. The average molecular weight is 253 g/mol. The molecule has 17 heavy (non-hydrogen) atoms. The molecule has 5 unspecified atom stereocenters. The van der Waals surface area contributed by atoms with Crippen molar-refractivity contribution >= 4 is 0 Å². The summed E-state index contributed by atoms with van der Waals surface area (Å²) in [4.78, 5) is 10.9. The molecule has 1 saturated heterocycles. The SMILES string of the molecule is C[N+](=O)NCOC1OC(CO)C(O)C(O)C1O. The summed E-state index contributed by atoms with van der Waals surface area (Å²) in [5.41, 5.74) is 2.23. The fraction of sp³-hybridized carbons (Fsp3) is 1.00. The van der Waals surface area contributed by atoms with Gasteiger partial charge in [0.25, 0.3) is 0 Å². The number of rotatable bonds is 5. The van der Waals surface area contributed by atoms with Crippen LogP contribution in [0, 0.1) is 4.91 Å². The Morgan fingerprint density at radius 2 is 1.94 bits per heavy atom. The quantitative estimate of drug-likeness (QED) is 0.195. The van der Waals surface area contributed by atoms with Crippen molar-refractivity contribution in [2.24, 2.45) is 0 Å². The van der Waals surface area contributed by atoms with Gasteiger partial charge in [0.1, 0.15) is 29.3 Å². The van der Waals surface area contributed by atoms with Gasteiger partial charge in [-0.25, -0.2) is 0 Å². The predicted molar refractivity (Wildman–Crippen MR) is 52.4 cm³/mol. The Labute approximate surface area is 97.1 Å². The number of nitroso groups, excluding NO2 is 1. The van der Waals surface area contributed by atoms with Gasteiger partial charge in [0.15, 0.2) is 13.0 Å². The van der Waals surface area contributed by atoms with Gasteiger partial charge in [-0.05, 0) is 0 Å². The van der Waals surface area contributed by atoms with Crippen LogP contribution in [-0.2, 0) is 9.47 Å². The van der Waals surface area contributed by atoms with Gasteiger partial charge in [-0.1, -0.05) is 0 Å². The normalized spacial score (nSPS) is 37.8. The minimum Gasteiger partial charge on any atom is -0.394 e. The lowest BCUT2D eigenvalue weighted by Gasteiger charge is -2.39. The van der Waals surface area contributed by atoms with Gasteiger partial charge in [-0.15, -0.1) is 5.43 Å². The molecule has 5 N–H and O–H groups in total. The molecule has 1 aliphatic heterocycles. The van der Waals surface area contributed by atoms with Crippen LogP contribution in [0.3, 0.4) is 0 Å². The molecule has 9 nitrogen and oxygen atoms in total. The summed E-state index contributed by atoms with van der Waals surface area (Å²) >= 11 is 0. The summed E-state index contributed by atoms with van der Waals surface area (Å²) in [6.07, 6.45) is -6.64. The van der Waals surface area contributed by atoms with E-state index in [0.717, 1.165) is 0 Å². The maximum absolute atomic E-state index is 10.5. The van der Waals surface area contributed by atoms with Gasteiger partial charge in [0, 0.05) is 0 Å². The van der Waals surface area contributed by atoms with Gasteiger partial charge in [0.2, 0.25) is 7.05 Å². The first-order valence-corrected chi connectivity index (χ1v) is 5.04. The van der Waals surface area contributed by atoms with E-state index in [1.807, 2.05) is 0 Å². The zero-order valence-corrected chi connectivity index (χ0v) is 9.26. The van der Waals surface area contributed by atoms with E-state index in [9.17, 15) is 20.2 Å². The molecule has 0 aromatic rings. The van der Waals surface area contributed by atoms with Crippen LogP contribution in [0.25, 0.3) is 0 Å². The summed E-state index contributed by atoms with van der Waals surface area (Å²) in [6.45, 7) is -0.775. The summed E-state index contributed by atoms with van der Waals surface area (Å²) in [7, 11) is 1.21. The zero-order chi connectivity index (χ0) is 13.0. The van der Waals surface area contributed by atoms with Crippen LogP contribution in [0.15, 0.2) is 0 Å². The van der Waals surface area contributed by atoms with E-state index >= 15 is 0 Å². The Morgan fingerprint density at radius 1 is 1.29 bits per heavy atom. The van der Waals surface area contributed by atoms with Crippen molar-refractivity contribution in [2.45, 2.75) is 30.7 Å². The van der Waals surface area contributed by atoms with Crippen LogP contribution < -0.4 is 5.43 Å². The minimum atomic E-state index is -1.49. The molecule has 0 spiro atoms. The van der Waals surface area contributed by atoms with Crippen LogP contribution in [0.4, 0.5) is 0 Å². The summed E-state index contributed by atoms with van der Waals surface area (Å²) in [6, 6.07) is 0. The minimum absolute atomic E-state index is 0.247. The molecule has 1 rings (SSSR count). The number of nitrogens with one attached hydrogen (secondary N) is 1.